The Hall–Kier alpha value is -2.88. The molecular weight excluding hydrogens is 248 g/mol. The topological polar surface area (TPSA) is 51.6 Å². The zero-order valence-electron chi connectivity index (χ0n) is 10.5. The van der Waals surface area contributed by atoms with Gasteiger partial charge in [0.15, 0.2) is 5.65 Å². The normalized spacial score (nSPS) is 11.0. The second-order valence-electron chi connectivity index (χ2n) is 4.42. The Morgan fingerprint density at radius 1 is 0.800 bits per heavy atom. The Bertz CT molecular complexity index is 841. The van der Waals surface area contributed by atoms with E-state index in [0.29, 0.717) is 11.3 Å². The van der Waals surface area contributed by atoms with Crippen molar-refractivity contribution in [3.05, 3.63) is 60.9 Å². The first-order valence-corrected chi connectivity index (χ1v) is 6.27. The van der Waals surface area contributed by atoms with E-state index >= 15 is 0 Å². The summed E-state index contributed by atoms with van der Waals surface area (Å²) in [4.78, 5) is 17.6. The molecule has 4 nitrogen and oxygen atoms in total. The first-order valence-electron chi connectivity index (χ1n) is 6.27. The summed E-state index contributed by atoms with van der Waals surface area (Å²) in [6, 6.07) is 15.5. The van der Waals surface area contributed by atoms with Crippen LogP contribution in [0.5, 0.6) is 0 Å². The minimum atomic E-state index is 0.635. The largest absolute Gasteiger partial charge is 0.242 e. The fourth-order valence-corrected chi connectivity index (χ4v) is 2.11. The van der Waals surface area contributed by atoms with E-state index in [9.17, 15) is 0 Å². The predicted molar refractivity (Wildman–Crippen MR) is 76.9 cm³/mol. The number of aromatic nitrogens is 4. The molecule has 1 radical (unpaired) electrons. The number of fused-ring (bicyclic) bond motifs is 2. The lowest BCUT2D eigenvalue weighted by atomic mass is 10.2. The molecule has 0 aliphatic carbocycles. The van der Waals surface area contributed by atoms with E-state index in [1.54, 1.807) is 6.20 Å². The number of hydrogen-bond donors (Lipinski definition) is 0. The highest BCUT2D eigenvalue weighted by Crippen LogP contribution is 2.19. The Morgan fingerprint density at radius 3 is 2.65 bits per heavy atom. The van der Waals surface area contributed by atoms with Crippen LogP contribution in [0, 0.1) is 6.20 Å². The van der Waals surface area contributed by atoms with Gasteiger partial charge in [-0.1, -0.05) is 12.1 Å². The average molecular weight is 257 g/mol. The fraction of sp³-hybridized carbons (Fsp3) is 0. The molecule has 0 fully saturated rings. The highest BCUT2D eigenvalue weighted by Gasteiger charge is 2.06. The lowest BCUT2D eigenvalue weighted by molar-refractivity contribution is 1.22. The molecule has 20 heavy (non-hydrogen) atoms. The van der Waals surface area contributed by atoms with Crippen LogP contribution in [-0.2, 0) is 0 Å². The van der Waals surface area contributed by atoms with Crippen molar-refractivity contribution in [2.24, 2.45) is 0 Å². The van der Waals surface area contributed by atoms with E-state index in [0.717, 1.165) is 22.1 Å². The lowest BCUT2D eigenvalue weighted by Gasteiger charge is -2.02. The van der Waals surface area contributed by atoms with Crippen LogP contribution in [0.4, 0.5) is 0 Å². The van der Waals surface area contributed by atoms with Gasteiger partial charge in [-0.25, -0.2) is 19.9 Å². The van der Waals surface area contributed by atoms with Crippen molar-refractivity contribution in [2.75, 3.05) is 0 Å². The molecule has 0 saturated heterocycles. The summed E-state index contributed by atoms with van der Waals surface area (Å²) >= 11 is 0. The van der Waals surface area contributed by atoms with Crippen LogP contribution in [0.1, 0.15) is 0 Å². The maximum atomic E-state index is 4.54. The van der Waals surface area contributed by atoms with Gasteiger partial charge in [0.2, 0.25) is 0 Å². The monoisotopic (exact) mass is 257 g/mol. The molecule has 4 rings (SSSR count). The van der Waals surface area contributed by atoms with Gasteiger partial charge in [-0.05, 0) is 36.4 Å². The van der Waals surface area contributed by atoms with Crippen molar-refractivity contribution < 1.29 is 0 Å². The Balaban J connectivity index is 1.91. The summed E-state index contributed by atoms with van der Waals surface area (Å²) in [7, 11) is 0. The van der Waals surface area contributed by atoms with Gasteiger partial charge >= 0.3 is 0 Å². The van der Waals surface area contributed by atoms with Gasteiger partial charge in [-0.15, -0.1) is 0 Å². The third-order valence-electron chi connectivity index (χ3n) is 3.10. The highest BCUT2D eigenvalue weighted by molar-refractivity contribution is 5.79. The first-order chi connectivity index (χ1) is 9.90. The fourth-order valence-electron chi connectivity index (χ4n) is 2.11. The van der Waals surface area contributed by atoms with Gasteiger partial charge in [0, 0.05) is 11.6 Å². The van der Waals surface area contributed by atoms with Crippen LogP contribution in [0.3, 0.4) is 0 Å². The van der Waals surface area contributed by atoms with Gasteiger partial charge in [-0.2, -0.15) is 0 Å². The van der Waals surface area contributed by atoms with Crippen molar-refractivity contribution >= 4 is 22.1 Å². The van der Waals surface area contributed by atoms with E-state index < -0.39 is 0 Å². The van der Waals surface area contributed by atoms with E-state index in [1.807, 2.05) is 48.5 Å². The van der Waals surface area contributed by atoms with E-state index in [1.165, 1.54) is 0 Å². The quantitative estimate of drug-likeness (QED) is 0.526. The minimum Gasteiger partial charge on any atom is -0.242 e. The SMILES string of the molecule is [c]1nc2ccccc2nc1-c1ccc2cccnc2n1. The van der Waals surface area contributed by atoms with Gasteiger partial charge in [0.1, 0.15) is 11.9 Å². The zero-order valence-corrected chi connectivity index (χ0v) is 10.5. The second kappa shape index (κ2) is 4.35. The molecular formula is C16H9N4. The molecule has 4 aromatic rings. The molecule has 1 aromatic carbocycles. The molecule has 4 heteroatoms. The van der Waals surface area contributed by atoms with Crippen LogP contribution < -0.4 is 0 Å². The molecule has 0 atom stereocenters. The maximum absolute atomic E-state index is 4.54. The van der Waals surface area contributed by atoms with Gasteiger partial charge < -0.3 is 0 Å². The molecule has 0 saturated carbocycles. The predicted octanol–water partition coefficient (Wildman–Crippen LogP) is 3.04. The molecule has 3 aromatic heterocycles. The van der Waals surface area contributed by atoms with Crippen molar-refractivity contribution in [3.63, 3.8) is 0 Å². The lowest BCUT2D eigenvalue weighted by Crippen LogP contribution is -1.92. The van der Waals surface area contributed by atoms with Crippen molar-refractivity contribution in [3.8, 4) is 11.4 Å². The van der Waals surface area contributed by atoms with Crippen molar-refractivity contribution in [1.29, 1.82) is 0 Å². The average Bonchev–Trinajstić information content (AvgIpc) is 2.54. The number of nitrogens with zero attached hydrogens (tertiary/aromatic N) is 4. The van der Waals surface area contributed by atoms with Gasteiger partial charge in [0.25, 0.3) is 0 Å². The molecule has 93 valence electrons. The van der Waals surface area contributed by atoms with Crippen LogP contribution in [0.2, 0.25) is 0 Å². The summed E-state index contributed by atoms with van der Waals surface area (Å²) < 4.78 is 0. The van der Waals surface area contributed by atoms with E-state index in [4.69, 9.17) is 0 Å². The molecule has 0 bridgehead atoms. The first kappa shape index (κ1) is 11.0. The van der Waals surface area contributed by atoms with Crippen molar-refractivity contribution in [1.82, 2.24) is 19.9 Å². The Labute approximate surface area is 115 Å². The molecule has 0 spiro atoms. The molecule has 0 aliphatic heterocycles. The summed E-state index contributed by atoms with van der Waals surface area (Å²) in [6.45, 7) is 0. The smallest absolute Gasteiger partial charge is 0.159 e. The summed E-state index contributed by atoms with van der Waals surface area (Å²) in [5.74, 6) is 0. The van der Waals surface area contributed by atoms with Gasteiger partial charge in [0.05, 0.1) is 16.7 Å². The van der Waals surface area contributed by atoms with Gasteiger partial charge in [-0.3, -0.25) is 0 Å². The Kier molecular flexibility index (Phi) is 2.39. The second-order valence-corrected chi connectivity index (χ2v) is 4.42. The van der Waals surface area contributed by atoms with Crippen LogP contribution in [-0.4, -0.2) is 19.9 Å². The third-order valence-corrected chi connectivity index (χ3v) is 3.10. The zero-order chi connectivity index (χ0) is 13.4. The number of benzene rings is 1. The van der Waals surface area contributed by atoms with Crippen LogP contribution in [0.15, 0.2) is 54.7 Å². The summed E-state index contributed by atoms with van der Waals surface area (Å²) in [5, 5.41) is 1.00. The summed E-state index contributed by atoms with van der Waals surface area (Å²) in [6.07, 6.45) is 4.67. The summed E-state index contributed by atoms with van der Waals surface area (Å²) in [5.41, 5.74) is 3.73. The Morgan fingerprint density at radius 2 is 1.70 bits per heavy atom. The van der Waals surface area contributed by atoms with Crippen LogP contribution >= 0.6 is 0 Å². The molecule has 0 amide bonds. The molecule has 0 aliphatic rings. The standard InChI is InChI=1S/C16H9N4/c1-2-6-13-12(5-1)18-10-15(19-13)14-8-7-11-4-3-9-17-16(11)20-14/h1-9H. The third kappa shape index (κ3) is 1.78. The van der Waals surface area contributed by atoms with Crippen molar-refractivity contribution in [2.45, 2.75) is 0 Å². The maximum Gasteiger partial charge on any atom is 0.159 e. The number of hydrogen-bond acceptors (Lipinski definition) is 4. The molecule has 0 unspecified atom stereocenters. The van der Waals surface area contributed by atoms with E-state index in [2.05, 4.69) is 26.1 Å². The number of pyridine rings is 2. The number of rotatable bonds is 1. The minimum absolute atomic E-state index is 0.635. The number of para-hydroxylation sites is 2. The van der Waals surface area contributed by atoms with Crippen LogP contribution in [0.25, 0.3) is 33.5 Å². The molecule has 0 N–H and O–H groups in total. The van der Waals surface area contributed by atoms with E-state index in [-0.39, 0.29) is 0 Å². The highest BCUT2D eigenvalue weighted by atomic mass is 14.9. The molecule has 3 heterocycles.